The highest BCUT2D eigenvalue weighted by atomic mass is 15.2. The van der Waals surface area contributed by atoms with Gasteiger partial charge < -0.3 is 0 Å². The molecule has 2 fully saturated rings. The van der Waals surface area contributed by atoms with Gasteiger partial charge in [0.1, 0.15) is 0 Å². The van der Waals surface area contributed by atoms with Crippen LogP contribution in [0.5, 0.6) is 0 Å². The molecule has 1 heterocycles. The van der Waals surface area contributed by atoms with Crippen molar-refractivity contribution in [3.8, 4) is 0 Å². The first-order chi connectivity index (χ1) is 9.97. The molecule has 0 amide bonds. The third kappa shape index (κ3) is 3.51. The Hall–Kier alpha value is -0.820. The molecule has 0 bridgehead atoms. The van der Waals surface area contributed by atoms with E-state index < -0.39 is 0 Å². The van der Waals surface area contributed by atoms with Crippen molar-refractivity contribution in [2.24, 2.45) is 16.7 Å². The molecule has 1 heteroatoms. The van der Waals surface area contributed by atoms with Gasteiger partial charge in [-0.3, -0.25) is 4.90 Å². The van der Waals surface area contributed by atoms with E-state index in [9.17, 15) is 0 Å². The van der Waals surface area contributed by atoms with E-state index in [4.69, 9.17) is 0 Å². The molecule has 0 radical (unpaired) electrons. The second-order valence-electron chi connectivity index (χ2n) is 8.59. The van der Waals surface area contributed by atoms with Crippen LogP contribution >= 0.6 is 0 Å². The minimum Gasteiger partial charge on any atom is -0.299 e. The lowest BCUT2D eigenvalue weighted by Gasteiger charge is -2.42. The first-order valence-electron chi connectivity index (χ1n) is 8.73. The van der Waals surface area contributed by atoms with Crippen LogP contribution in [-0.2, 0) is 6.54 Å². The molecule has 2 aliphatic rings. The van der Waals surface area contributed by atoms with Crippen molar-refractivity contribution in [2.45, 2.75) is 59.4 Å². The van der Waals surface area contributed by atoms with Gasteiger partial charge in [0.2, 0.25) is 0 Å². The van der Waals surface area contributed by atoms with Crippen LogP contribution in [0.1, 0.15) is 58.4 Å². The molecule has 1 aromatic carbocycles. The Morgan fingerprint density at radius 2 is 1.71 bits per heavy atom. The molecule has 0 aromatic heterocycles. The first kappa shape index (κ1) is 15.1. The first-order valence-corrected chi connectivity index (χ1v) is 8.73. The normalized spacial score (nSPS) is 30.9. The standard InChI is InChI=1S/C20H31N/c1-19(2,3)18-9-11-20(12-10-18)13-14-21(16-20)15-17-7-5-4-6-8-17/h4-8,18H,9-16H2,1-3H3. The molecule has 0 unspecified atom stereocenters. The van der Waals surface area contributed by atoms with E-state index in [0.29, 0.717) is 10.8 Å². The number of nitrogens with zero attached hydrogens (tertiary/aromatic N) is 1. The van der Waals surface area contributed by atoms with Gasteiger partial charge in [0.05, 0.1) is 0 Å². The summed E-state index contributed by atoms with van der Waals surface area (Å²) >= 11 is 0. The molecule has 116 valence electrons. The molecule has 0 atom stereocenters. The Morgan fingerprint density at radius 3 is 2.33 bits per heavy atom. The molecule has 3 rings (SSSR count). The third-order valence-electron chi connectivity index (χ3n) is 6.04. The van der Waals surface area contributed by atoms with E-state index in [1.54, 1.807) is 0 Å². The molecular formula is C20H31N. The summed E-state index contributed by atoms with van der Waals surface area (Å²) in [4.78, 5) is 2.69. The van der Waals surface area contributed by atoms with E-state index >= 15 is 0 Å². The third-order valence-corrected chi connectivity index (χ3v) is 6.04. The Balaban J connectivity index is 1.55. The van der Waals surface area contributed by atoms with Crippen LogP contribution in [0.4, 0.5) is 0 Å². The van der Waals surface area contributed by atoms with E-state index in [1.165, 1.54) is 50.8 Å². The fourth-order valence-corrected chi connectivity index (χ4v) is 4.51. The predicted octanol–water partition coefficient (Wildman–Crippen LogP) is 5.12. The maximum Gasteiger partial charge on any atom is 0.0233 e. The van der Waals surface area contributed by atoms with Crippen molar-refractivity contribution in [2.75, 3.05) is 13.1 Å². The van der Waals surface area contributed by atoms with Crippen LogP contribution in [0.25, 0.3) is 0 Å². The quantitative estimate of drug-likeness (QED) is 0.729. The van der Waals surface area contributed by atoms with Crippen molar-refractivity contribution < 1.29 is 0 Å². The van der Waals surface area contributed by atoms with Crippen LogP contribution in [0, 0.1) is 16.7 Å². The van der Waals surface area contributed by atoms with Crippen molar-refractivity contribution in [1.29, 1.82) is 0 Å². The Labute approximate surface area is 130 Å². The van der Waals surface area contributed by atoms with Gasteiger partial charge in [0.15, 0.2) is 0 Å². The number of rotatable bonds is 2. The van der Waals surface area contributed by atoms with Crippen LogP contribution in [0.2, 0.25) is 0 Å². The fraction of sp³-hybridized carbons (Fsp3) is 0.700. The lowest BCUT2D eigenvalue weighted by Crippen LogP contribution is -2.34. The largest absolute Gasteiger partial charge is 0.299 e. The van der Waals surface area contributed by atoms with E-state index in [1.807, 2.05) is 0 Å². The molecule has 1 aliphatic heterocycles. The molecule has 21 heavy (non-hydrogen) atoms. The van der Waals surface area contributed by atoms with Gasteiger partial charge in [0.25, 0.3) is 0 Å². The number of hydrogen-bond acceptors (Lipinski definition) is 1. The van der Waals surface area contributed by atoms with E-state index in [0.717, 1.165) is 12.5 Å². The maximum atomic E-state index is 2.69. The molecule has 1 aromatic rings. The summed E-state index contributed by atoms with van der Waals surface area (Å²) in [6.07, 6.45) is 7.24. The summed E-state index contributed by atoms with van der Waals surface area (Å²) in [5, 5.41) is 0. The molecule has 1 saturated heterocycles. The fourth-order valence-electron chi connectivity index (χ4n) is 4.51. The highest BCUT2D eigenvalue weighted by Crippen LogP contribution is 2.49. The summed E-state index contributed by atoms with van der Waals surface area (Å²) < 4.78 is 0. The van der Waals surface area contributed by atoms with Crippen LogP contribution in [0.15, 0.2) is 30.3 Å². The van der Waals surface area contributed by atoms with Crippen molar-refractivity contribution in [3.63, 3.8) is 0 Å². The van der Waals surface area contributed by atoms with Crippen LogP contribution in [-0.4, -0.2) is 18.0 Å². The zero-order chi connectivity index (χ0) is 14.9. The van der Waals surface area contributed by atoms with Gasteiger partial charge in [-0.05, 0) is 61.0 Å². The average molecular weight is 285 g/mol. The van der Waals surface area contributed by atoms with Gasteiger partial charge in [-0.15, -0.1) is 0 Å². The van der Waals surface area contributed by atoms with Crippen molar-refractivity contribution in [1.82, 2.24) is 4.90 Å². The Morgan fingerprint density at radius 1 is 1.05 bits per heavy atom. The summed E-state index contributed by atoms with van der Waals surface area (Å²) in [6.45, 7) is 11.0. The number of benzene rings is 1. The van der Waals surface area contributed by atoms with Gasteiger partial charge in [-0.2, -0.15) is 0 Å². The monoisotopic (exact) mass is 285 g/mol. The lowest BCUT2D eigenvalue weighted by atomic mass is 9.64. The Kier molecular flexibility index (Phi) is 4.14. The lowest BCUT2D eigenvalue weighted by molar-refractivity contribution is 0.0909. The minimum atomic E-state index is 0.504. The topological polar surface area (TPSA) is 3.24 Å². The van der Waals surface area contributed by atoms with Gasteiger partial charge in [-0.1, -0.05) is 51.1 Å². The minimum absolute atomic E-state index is 0.504. The molecule has 1 nitrogen and oxygen atoms in total. The van der Waals surface area contributed by atoms with Gasteiger partial charge in [-0.25, -0.2) is 0 Å². The highest BCUT2D eigenvalue weighted by Gasteiger charge is 2.42. The average Bonchev–Trinajstić information content (AvgIpc) is 2.82. The number of likely N-dealkylation sites (tertiary alicyclic amines) is 1. The zero-order valence-corrected chi connectivity index (χ0v) is 14.1. The summed E-state index contributed by atoms with van der Waals surface area (Å²) in [5.74, 6) is 0.936. The van der Waals surface area contributed by atoms with Gasteiger partial charge in [0, 0.05) is 13.1 Å². The van der Waals surface area contributed by atoms with E-state index in [-0.39, 0.29) is 0 Å². The summed E-state index contributed by atoms with van der Waals surface area (Å²) in [7, 11) is 0. The summed E-state index contributed by atoms with van der Waals surface area (Å²) in [5.41, 5.74) is 2.62. The SMILES string of the molecule is CC(C)(C)C1CCC2(CC1)CCN(Cc1ccccc1)C2. The summed E-state index contributed by atoms with van der Waals surface area (Å²) in [6, 6.07) is 11.0. The second kappa shape index (κ2) is 5.76. The van der Waals surface area contributed by atoms with Crippen molar-refractivity contribution >= 4 is 0 Å². The van der Waals surface area contributed by atoms with E-state index in [2.05, 4.69) is 56.0 Å². The highest BCUT2D eigenvalue weighted by molar-refractivity contribution is 5.15. The molecule has 1 aliphatic carbocycles. The smallest absolute Gasteiger partial charge is 0.0233 e. The second-order valence-corrected chi connectivity index (χ2v) is 8.59. The molecule has 1 saturated carbocycles. The van der Waals surface area contributed by atoms with Gasteiger partial charge >= 0.3 is 0 Å². The number of hydrogen-bond donors (Lipinski definition) is 0. The predicted molar refractivity (Wildman–Crippen MR) is 90.2 cm³/mol. The van der Waals surface area contributed by atoms with Crippen molar-refractivity contribution in [3.05, 3.63) is 35.9 Å². The Bertz CT molecular complexity index is 448. The zero-order valence-electron chi connectivity index (χ0n) is 14.1. The maximum absolute atomic E-state index is 2.69. The van der Waals surface area contributed by atoms with Crippen LogP contribution < -0.4 is 0 Å². The molecular weight excluding hydrogens is 254 g/mol. The van der Waals surface area contributed by atoms with Crippen LogP contribution in [0.3, 0.4) is 0 Å². The molecule has 1 spiro atoms. The molecule has 0 N–H and O–H groups in total.